The van der Waals surface area contributed by atoms with Crippen molar-refractivity contribution >= 4 is 40.0 Å². The van der Waals surface area contributed by atoms with Crippen molar-refractivity contribution in [2.45, 2.75) is 6.18 Å². The van der Waals surface area contributed by atoms with Crippen LogP contribution in [-0.4, -0.2) is 23.2 Å². The summed E-state index contributed by atoms with van der Waals surface area (Å²) in [4.78, 5) is 27.2. The standard InChI is InChI=1S/C19H11F3N2O4S/c1-27-14-3-2-9(5-13(14)19(20,21)22)12-8-23-7-10-4-11(28-16(10)12)6-15-17(25)24-18(26)29-15/h2-8H,1H3,(H,24,25,26)/b15-6-. The predicted molar refractivity (Wildman–Crippen MR) is 100 cm³/mol. The molecule has 0 unspecified atom stereocenters. The Morgan fingerprint density at radius 2 is 2.00 bits per heavy atom. The quantitative estimate of drug-likeness (QED) is 0.611. The molecular formula is C19H11F3N2O4S. The number of rotatable bonds is 3. The minimum atomic E-state index is -4.60. The first kappa shape index (κ1) is 19.1. The number of hydrogen-bond donors (Lipinski definition) is 1. The van der Waals surface area contributed by atoms with Crippen molar-refractivity contribution in [2.24, 2.45) is 0 Å². The number of carbonyl (C=O) groups excluding carboxylic acids is 2. The van der Waals surface area contributed by atoms with E-state index in [0.717, 1.165) is 17.8 Å². The average Bonchev–Trinajstić information content (AvgIpc) is 3.22. The van der Waals surface area contributed by atoms with E-state index in [4.69, 9.17) is 9.15 Å². The van der Waals surface area contributed by atoms with Crippen LogP contribution in [0.1, 0.15) is 11.3 Å². The largest absolute Gasteiger partial charge is 0.496 e. The van der Waals surface area contributed by atoms with E-state index in [1.807, 2.05) is 0 Å². The van der Waals surface area contributed by atoms with E-state index in [2.05, 4.69) is 10.3 Å². The second-order valence-corrected chi connectivity index (χ2v) is 7.03. The lowest BCUT2D eigenvalue weighted by molar-refractivity contribution is -0.138. The molecule has 4 rings (SSSR count). The molecule has 6 nitrogen and oxygen atoms in total. The smallest absolute Gasteiger partial charge is 0.419 e. The Balaban J connectivity index is 1.82. The van der Waals surface area contributed by atoms with E-state index in [-0.39, 0.29) is 22.0 Å². The number of nitrogens with zero attached hydrogens (tertiary/aromatic N) is 1. The Morgan fingerprint density at radius 3 is 2.66 bits per heavy atom. The van der Waals surface area contributed by atoms with Gasteiger partial charge < -0.3 is 9.15 Å². The first-order chi connectivity index (χ1) is 13.8. The van der Waals surface area contributed by atoms with Gasteiger partial charge in [0, 0.05) is 29.4 Å². The number of alkyl halides is 3. The normalized spacial score (nSPS) is 15.9. The van der Waals surface area contributed by atoms with E-state index in [1.54, 1.807) is 6.07 Å². The third-order valence-electron chi connectivity index (χ3n) is 4.17. The minimum Gasteiger partial charge on any atom is -0.496 e. The molecule has 1 fully saturated rings. The summed E-state index contributed by atoms with van der Waals surface area (Å²) in [5.41, 5.74) is -0.0198. The highest BCUT2D eigenvalue weighted by Gasteiger charge is 2.35. The van der Waals surface area contributed by atoms with Gasteiger partial charge in [0.1, 0.15) is 17.1 Å². The molecule has 1 N–H and O–H groups in total. The minimum absolute atomic E-state index is 0.160. The van der Waals surface area contributed by atoms with Crippen LogP contribution in [0.3, 0.4) is 0 Å². The summed E-state index contributed by atoms with van der Waals surface area (Å²) < 4.78 is 50.6. The number of hydrogen-bond acceptors (Lipinski definition) is 6. The first-order valence-electron chi connectivity index (χ1n) is 8.14. The van der Waals surface area contributed by atoms with Gasteiger partial charge in [-0.05, 0) is 35.5 Å². The molecular weight excluding hydrogens is 409 g/mol. The van der Waals surface area contributed by atoms with Crippen LogP contribution in [0.4, 0.5) is 18.0 Å². The molecule has 3 heterocycles. The summed E-state index contributed by atoms with van der Waals surface area (Å²) >= 11 is 0.735. The number of imide groups is 1. The van der Waals surface area contributed by atoms with E-state index in [9.17, 15) is 22.8 Å². The van der Waals surface area contributed by atoms with Gasteiger partial charge in [0.2, 0.25) is 0 Å². The van der Waals surface area contributed by atoms with E-state index < -0.39 is 22.9 Å². The van der Waals surface area contributed by atoms with Crippen molar-refractivity contribution in [3.05, 3.63) is 52.9 Å². The molecule has 148 valence electrons. The van der Waals surface area contributed by atoms with Crippen LogP contribution < -0.4 is 10.1 Å². The molecule has 0 bridgehead atoms. The number of amides is 2. The lowest BCUT2D eigenvalue weighted by atomic mass is 10.0. The number of thioether (sulfide) groups is 1. The van der Waals surface area contributed by atoms with Crippen LogP contribution >= 0.6 is 11.8 Å². The molecule has 3 aromatic rings. The summed E-state index contributed by atoms with van der Waals surface area (Å²) in [6, 6.07) is 5.26. The van der Waals surface area contributed by atoms with Crippen LogP contribution in [0.5, 0.6) is 5.75 Å². The highest BCUT2D eigenvalue weighted by atomic mass is 32.2. The van der Waals surface area contributed by atoms with Crippen LogP contribution in [-0.2, 0) is 11.0 Å². The van der Waals surface area contributed by atoms with E-state index >= 15 is 0 Å². The van der Waals surface area contributed by atoms with Crippen molar-refractivity contribution in [3.63, 3.8) is 0 Å². The molecule has 10 heteroatoms. The van der Waals surface area contributed by atoms with Crippen LogP contribution in [0.15, 0.2) is 46.0 Å². The molecule has 2 aromatic heterocycles. The number of aromatic nitrogens is 1. The van der Waals surface area contributed by atoms with Crippen LogP contribution in [0.25, 0.3) is 28.2 Å². The number of ether oxygens (including phenoxy) is 1. The number of halogens is 3. The maximum Gasteiger partial charge on any atom is 0.419 e. The molecule has 1 aliphatic rings. The topological polar surface area (TPSA) is 81.4 Å². The third-order valence-corrected chi connectivity index (χ3v) is 4.98. The van der Waals surface area contributed by atoms with E-state index in [1.165, 1.54) is 37.7 Å². The maximum absolute atomic E-state index is 13.4. The number of carbonyl (C=O) groups is 2. The number of fused-ring (bicyclic) bond motifs is 1. The fraction of sp³-hybridized carbons (Fsp3) is 0.105. The Kier molecular flexibility index (Phi) is 4.58. The Labute approximate surface area is 165 Å². The van der Waals surface area contributed by atoms with Gasteiger partial charge in [-0.25, -0.2) is 0 Å². The van der Waals surface area contributed by atoms with Crippen molar-refractivity contribution in [1.29, 1.82) is 0 Å². The molecule has 0 spiro atoms. The summed E-state index contributed by atoms with van der Waals surface area (Å²) in [6.45, 7) is 0. The Morgan fingerprint density at radius 1 is 1.21 bits per heavy atom. The van der Waals surface area contributed by atoms with Gasteiger partial charge in [0.05, 0.1) is 17.6 Å². The lowest BCUT2D eigenvalue weighted by Gasteiger charge is -2.13. The molecule has 0 saturated carbocycles. The summed E-state index contributed by atoms with van der Waals surface area (Å²) in [5, 5.41) is 2.18. The molecule has 1 aliphatic heterocycles. The summed E-state index contributed by atoms with van der Waals surface area (Å²) in [6.07, 6.45) is -0.318. The van der Waals surface area contributed by atoms with Gasteiger partial charge in [0.25, 0.3) is 11.1 Å². The predicted octanol–water partition coefficient (Wildman–Crippen LogP) is 4.85. The zero-order valence-corrected chi connectivity index (χ0v) is 15.5. The zero-order valence-electron chi connectivity index (χ0n) is 14.7. The Hall–Kier alpha value is -3.27. The van der Waals surface area contributed by atoms with Gasteiger partial charge in [-0.15, -0.1) is 0 Å². The summed E-state index contributed by atoms with van der Waals surface area (Å²) in [7, 11) is 1.17. The molecule has 1 aromatic carbocycles. The second-order valence-electron chi connectivity index (χ2n) is 6.02. The number of benzene rings is 1. The van der Waals surface area contributed by atoms with Gasteiger partial charge in [-0.3, -0.25) is 19.9 Å². The monoisotopic (exact) mass is 420 g/mol. The van der Waals surface area contributed by atoms with Crippen molar-refractivity contribution in [3.8, 4) is 16.9 Å². The molecule has 0 aliphatic carbocycles. The van der Waals surface area contributed by atoms with E-state index in [0.29, 0.717) is 16.5 Å². The number of furan rings is 1. The molecule has 29 heavy (non-hydrogen) atoms. The fourth-order valence-corrected chi connectivity index (χ4v) is 3.57. The summed E-state index contributed by atoms with van der Waals surface area (Å²) in [5.74, 6) is -0.560. The Bertz CT molecular complexity index is 1180. The van der Waals surface area contributed by atoms with Crippen LogP contribution in [0.2, 0.25) is 0 Å². The van der Waals surface area contributed by atoms with Gasteiger partial charge in [0.15, 0.2) is 0 Å². The number of nitrogens with one attached hydrogen (secondary N) is 1. The fourth-order valence-electron chi connectivity index (χ4n) is 2.91. The average molecular weight is 420 g/mol. The molecule has 2 amide bonds. The number of pyridine rings is 1. The third kappa shape index (κ3) is 3.58. The molecule has 0 radical (unpaired) electrons. The first-order valence-corrected chi connectivity index (χ1v) is 8.96. The van der Waals surface area contributed by atoms with Crippen LogP contribution in [0, 0.1) is 0 Å². The lowest BCUT2D eigenvalue weighted by Crippen LogP contribution is -2.17. The highest BCUT2D eigenvalue weighted by Crippen LogP contribution is 2.40. The van der Waals surface area contributed by atoms with Crippen molar-refractivity contribution < 1.29 is 31.9 Å². The zero-order chi connectivity index (χ0) is 20.8. The number of methoxy groups -OCH3 is 1. The second kappa shape index (κ2) is 6.96. The van der Waals surface area contributed by atoms with Crippen molar-refractivity contribution in [2.75, 3.05) is 7.11 Å². The highest BCUT2D eigenvalue weighted by molar-refractivity contribution is 8.18. The van der Waals surface area contributed by atoms with Gasteiger partial charge in [-0.2, -0.15) is 13.2 Å². The van der Waals surface area contributed by atoms with Gasteiger partial charge >= 0.3 is 6.18 Å². The maximum atomic E-state index is 13.4. The molecule has 1 saturated heterocycles. The SMILES string of the molecule is COc1ccc(-c2cncc3cc(/C=C4\SC(=O)NC4=O)oc23)cc1C(F)(F)F. The van der Waals surface area contributed by atoms with Gasteiger partial charge in [-0.1, -0.05) is 6.07 Å². The molecule has 0 atom stereocenters. The van der Waals surface area contributed by atoms with Crippen molar-refractivity contribution in [1.82, 2.24) is 10.3 Å².